The third-order valence-electron chi connectivity index (χ3n) is 5.51. The van der Waals surface area contributed by atoms with Crippen molar-refractivity contribution in [1.82, 2.24) is 14.1 Å². The van der Waals surface area contributed by atoms with Crippen molar-refractivity contribution in [3.63, 3.8) is 0 Å². The van der Waals surface area contributed by atoms with Gasteiger partial charge in [0.1, 0.15) is 12.6 Å². The van der Waals surface area contributed by atoms with Gasteiger partial charge in [0.15, 0.2) is 0 Å². The Hall–Kier alpha value is -2.42. The molecule has 0 saturated carbocycles. The van der Waals surface area contributed by atoms with E-state index < -0.39 is 16.1 Å². The van der Waals surface area contributed by atoms with Crippen molar-refractivity contribution in [2.24, 2.45) is 0 Å². The second-order valence-electron chi connectivity index (χ2n) is 7.43. The molecule has 2 aromatic carbocycles. The Morgan fingerprint density at radius 1 is 0.967 bits per heavy atom. The summed E-state index contributed by atoms with van der Waals surface area (Å²) >= 11 is 5.96. The van der Waals surface area contributed by atoms with Crippen molar-refractivity contribution < 1.29 is 18.0 Å². The Morgan fingerprint density at radius 2 is 1.73 bits per heavy atom. The normalized spacial score (nSPS) is 20.8. The van der Waals surface area contributed by atoms with Crippen LogP contribution in [0.3, 0.4) is 0 Å². The minimum absolute atomic E-state index is 0.00523. The lowest BCUT2D eigenvalue weighted by atomic mass is 10.1. The Balaban J connectivity index is 1.52. The number of carbonyl (C=O) groups is 2. The highest BCUT2D eigenvalue weighted by molar-refractivity contribution is 7.89. The van der Waals surface area contributed by atoms with Gasteiger partial charge >= 0.3 is 0 Å². The molecule has 158 valence electrons. The van der Waals surface area contributed by atoms with Gasteiger partial charge in [-0.1, -0.05) is 48.0 Å². The Labute approximate surface area is 180 Å². The van der Waals surface area contributed by atoms with Crippen LogP contribution in [0.4, 0.5) is 0 Å². The van der Waals surface area contributed by atoms with Gasteiger partial charge in [0, 0.05) is 31.2 Å². The molecule has 0 N–H and O–H groups in total. The molecule has 0 aliphatic carbocycles. The number of hydrogen-bond acceptors (Lipinski definition) is 4. The van der Waals surface area contributed by atoms with Gasteiger partial charge < -0.3 is 9.80 Å². The van der Waals surface area contributed by atoms with Gasteiger partial charge in [0.2, 0.25) is 21.8 Å². The number of halogens is 1. The monoisotopic (exact) mass is 447 g/mol. The standard InChI is InChI=1S/C21H22ClN3O4S/c22-17-7-4-8-18(13-17)30(28,29)24-10-9-19-21(27)23(14-16-5-2-1-3-6-16)15-20(26)25(19)12-11-24/h1-8,13,19H,9-12,14-15H2. The maximum atomic E-state index is 13.1. The molecule has 0 bridgehead atoms. The Morgan fingerprint density at radius 3 is 2.47 bits per heavy atom. The van der Waals surface area contributed by atoms with Gasteiger partial charge in [-0.15, -0.1) is 0 Å². The summed E-state index contributed by atoms with van der Waals surface area (Å²) in [4.78, 5) is 29.0. The van der Waals surface area contributed by atoms with Crippen LogP contribution in [-0.4, -0.2) is 66.6 Å². The first-order chi connectivity index (χ1) is 14.4. The lowest BCUT2D eigenvalue weighted by Crippen LogP contribution is -2.59. The van der Waals surface area contributed by atoms with E-state index in [1.165, 1.54) is 21.3 Å². The number of amides is 2. The van der Waals surface area contributed by atoms with E-state index in [4.69, 9.17) is 11.6 Å². The fraction of sp³-hybridized carbons (Fsp3) is 0.333. The lowest BCUT2D eigenvalue weighted by molar-refractivity contribution is -0.156. The summed E-state index contributed by atoms with van der Waals surface area (Å²) in [5.41, 5.74) is 0.950. The average Bonchev–Trinajstić information content (AvgIpc) is 2.97. The molecule has 9 heteroatoms. The highest BCUT2D eigenvalue weighted by Crippen LogP contribution is 2.25. The summed E-state index contributed by atoms with van der Waals surface area (Å²) in [7, 11) is -3.76. The van der Waals surface area contributed by atoms with E-state index in [1.54, 1.807) is 17.0 Å². The first-order valence-corrected chi connectivity index (χ1v) is 11.6. The first kappa shape index (κ1) is 20.8. The smallest absolute Gasteiger partial charge is 0.246 e. The van der Waals surface area contributed by atoms with E-state index in [9.17, 15) is 18.0 Å². The Kier molecular flexibility index (Phi) is 5.81. The van der Waals surface area contributed by atoms with Crippen LogP contribution in [0.15, 0.2) is 59.5 Å². The number of benzene rings is 2. The van der Waals surface area contributed by atoms with Gasteiger partial charge in [0.25, 0.3) is 0 Å². The molecule has 2 amide bonds. The van der Waals surface area contributed by atoms with Crippen molar-refractivity contribution in [2.75, 3.05) is 26.2 Å². The second kappa shape index (κ2) is 8.37. The van der Waals surface area contributed by atoms with Crippen LogP contribution in [0.1, 0.15) is 12.0 Å². The summed E-state index contributed by atoms with van der Waals surface area (Å²) < 4.78 is 27.4. The van der Waals surface area contributed by atoms with Gasteiger partial charge in [-0.05, 0) is 30.2 Å². The van der Waals surface area contributed by atoms with Crippen LogP contribution in [-0.2, 0) is 26.2 Å². The number of rotatable bonds is 4. The summed E-state index contributed by atoms with van der Waals surface area (Å²) in [6.07, 6.45) is 0.260. The molecule has 2 aliphatic heterocycles. The third-order valence-corrected chi connectivity index (χ3v) is 7.64. The molecule has 30 heavy (non-hydrogen) atoms. The fourth-order valence-corrected chi connectivity index (χ4v) is 5.71. The number of hydrogen-bond donors (Lipinski definition) is 0. The third kappa shape index (κ3) is 4.08. The van der Waals surface area contributed by atoms with Gasteiger partial charge in [-0.25, -0.2) is 8.42 Å². The van der Waals surface area contributed by atoms with Crippen LogP contribution < -0.4 is 0 Å². The van der Waals surface area contributed by atoms with Crippen LogP contribution in [0.5, 0.6) is 0 Å². The minimum atomic E-state index is -3.76. The predicted molar refractivity (Wildman–Crippen MR) is 112 cm³/mol. The average molecular weight is 448 g/mol. The van der Waals surface area contributed by atoms with E-state index in [0.717, 1.165) is 5.56 Å². The molecule has 0 radical (unpaired) electrons. The molecule has 2 heterocycles. The summed E-state index contributed by atoms with van der Waals surface area (Å²) in [6.45, 7) is 0.858. The topological polar surface area (TPSA) is 78.0 Å². The van der Waals surface area contributed by atoms with Crippen molar-refractivity contribution in [3.05, 3.63) is 65.2 Å². The van der Waals surface area contributed by atoms with Crippen molar-refractivity contribution >= 4 is 33.4 Å². The molecule has 4 rings (SSSR count). The number of carbonyl (C=O) groups excluding carboxylic acids is 2. The summed E-state index contributed by atoms with van der Waals surface area (Å²) in [5.74, 6) is -0.294. The predicted octanol–water partition coefficient (Wildman–Crippen LogP) is 1.97. The van der Waals surface area contributed by atoms with Gasteiger partial charge in [0.05, 0.1) is 4.90 Å². The number of sulfonamides is 1. The maximum Gasteiger partial charge on any atom is 0.246 e. The molecule has 0 aromatic heterocycles. The maximum absolute atomic E-state index is 13.1. The molecule has 7 nitrogen and oxygen atoms in total. The number of fused-ring (bicyclic) bond motifs is 1. The minimum Gasteiger partial charge on any atom is -0.328 e. The molecule has 1 atom stereocenters. The lowest BCUT2D eigenvalue weighted by Gasteiger charge is -2.39. The highest BCUT2D eigenvalue weighted by atomic mass is 35.5. The molecular formula is C21H22ClN3O4S. The van der Waals surface area contributed by atoms with Gasteiger partial charge in [-0.2, -0.15) is 4.31 Å². The number of piperazine rings is 1. The largest absolute Gasteiger partial charge is 0.328 e. The van der Waals surface area contributed by atoms with Crippen LogP contribution in [0.25, 0.3) is 0 Å². The highest BCUT2D eigenvalue weighted by Gasteiger charge is 2.42. The first-order valence-electron chi connectivity index (χ1n) is 9.74. The molecule has 1 unspecified atom stereocenters. The van der Waals surface area contributed by atoms with Crippen LogP contribution in [0.2, 0.25) is 5.02 Å². The zero-order valence-electron chi connectivity index (χ0n) is 16.3. The summed E-state index contributed by atoms with van der Waals surface area (Å²) in [6, 6.07) is 15.0. The van der Waals surface area contributed by atoms with Gasteiger partial charge in [-0.3, -0.25) is 9.59 Å². The van der Waals surface area contributed by atoms with Crippen molar-refractivity contribution in [1.29, 1.82) is 0 Å². The number of nitrogens with zero attached hydrogens (tertiary/aromatic N) is 3. The molecular weight excluding hydrogens is 426 g/mol. The van der Waals surface area contributed by atoms with Crippen LogP contribution >= 0.6 is 11.6 Å². The molecule has 2 fully saturated rings. The van der Waals surface area contributed by atoms with Crippen LogP contribution in [0, 0.1) is 0 Å². The molecule has 0 spiro atoms. The summed E-state index contributed by atoms with van der Waals surface area (Å²) in [5, 5.41) is 0.338. The quantitative estimate of drug-likeness (QED) is 0.718. The Bertz CT molecular complexity index is 1060. The van der Waals surface area contributed by atoms with Crippen molar-refractivity contribution in [3.8, 4) is 0 Å². The molecule has 2 saturated heterocycles. The van der Waals surface area contributed by atoms with E-state index in [1.807, 2.05) is 30.3 Å². The van der Waals surface area contributed by atoms with E-state index in [-0.39, 0.29) is 49.3 Å². The van der Waals surface area contributed by atoms with Crippen molar-refractivity contribution in [2.45, 2.75) is 23.9 Å². The zero-order valence-corrected chi connectivity index (χ0v) is 17.8. The molecule has 2 aromatic rings. The van der Waals surface area contributed by atoms with E-state index in [2.05, 4.69) is 0 Å². The second-order valence-corrected chi connectivity index (χ2v) is 9.81. The molecule has 2 aliphatic rings. The van der Waals surface area contributed by atoms with E-state index >= 15 is 0 Å². The zero-order chi connectivity index (χ0) is 21.3. The SMILES string of the molecule is O=C1C2CCN(S(=O)(=O)c3cccc(Cl)c3)CCN2C(=O)CN1Cc1ccccc1. The fourth-order valence-electron chi connectivity index (χ4n) is 3.96. The van der Waals surface area contributed by atoms with E-state index in [0.29, 0.717) is 11.6 Å².